The van der Waals surface area contributed by atoms with E-state index in [-0.39, 0.29) is 24.1 Å². The number of piperazine rings is 1. The Bertz CT molecular complexity index is 1210. The maximum atomic E-state index is 13.0. The molecule has 0 radical (unpaired) electrons. The number of nitrogens with one attached hydrogen (secondary N) is 1. The average molecular weight is 502 g/mol. The number of imide groups is 2. The van der Waals surface area contributed by atoms with Gasteiger partial charge < -0.3 is 4.90 Å². The minimum atomic E-state index is -0.774. The Balaban J connectivity index is 1.26. The molecule has 11 heteroatoms. The van der Waals surface area contributed by atoms with E-state index in [0.717, 1.165) is 47.4 Å². The van der Waals surface area contributed by atoms with Gasteiger partial charge in [0.2, 0.25) is 5.91 Å². The second-order valence-electron chi connectivity index (χ2n) is 8.39. The number of hydrogen-bond donors (Lipinski definition) is 1. The molecule has 2 saturated heterocycles. The molecule has 2 aromatic carbocycles. The zero-order valence-electron chi connectivity index (χ0n) is 18.1. The van der Waals surface area contributed by atoms with Crippen LogP contribution in [0.15, 0.2) is 36.4 Å². The van der Waals surface area contributed by atoms with Gasteiger partial charge in [0, 0.05) is 44.2 Å². The van der Waals surface area contributed by atoms with Crippen molar-refractivity contribution in [2.75, 3.05) is 37.6 Å². The van der Waals surface area contributed by atoms with Crippen molar-refractivity contribution >= 4 is 52.6 Å². The number of nitrogens with zero attached hydrogens (tertiary/aromatic N) is 4. The number of benzene rings is 2. The molecule has 0 bridgehead atoms. The van der Waals surface area contributed by atoms with Gasteiger partial charge in [-0.05, 0) is 35.9 Å². The highest BCUT2D eigenvalue weighted by Gasteiger charge is 2.43. The molecule has 34 heavy (non-hydrogen) atoms. The number of rotatable bonds is 4. The maximum Gasteiger partial charge on any atom is 0.343 e. The van der Waals surface area contributed by atoms with Gasteiger partial charge in [0.25, 0.3) is 11.8 Å². The summed E-state index contributed by atoms with van der Waals surface area (Å²) >= 11 is 12.5. The summed E-state index contributed by atoms with van der Waals surface area (Å²) < 4.78 is 0. The molecule has 3 heterocycles. The van der Waals surface area contributed by atoms with Crippen molar-refractivity contribution < 1.29 is 19.2 Å². The van der Waals surface area contributed by atoms with Gasteiger partial charge in [-0.25, -0.2) is 9.80 Å². The minimum absolute atomic E-state index is 0.0239. The van der Waals surface area contributed by atoms with Crippen molar-refractivity contribution in [3.8, 4) is 0 Å². The van der Waals surface area contributed by atoms with E-state index in [0.29, 0.717) is 16.6 Å². The molecule has 0 unspecified atom stereocenters. The van der Waals surface area contributed by atoms with Crippen LogP contribution in [0.1, 0.15) is 32.7 Å². The van der Waals surface area contributed by atoms with Crippen LogP contribution in [-0.4, -0.2) is 71.4 Å². The lowest BCUT2D eigenvalue weighted by Gasteiger charge is -2.36. The Hall–Kier alpha value is -3.14. The highest BCUT2D eigenvalue weighted by molar-refractivity contribution is 6.35. The smallest absolute Gasteiger partial charge is 0.343 e. The normalized spacial score (nSPS) is 19.1. The molecule has 3 aliphatic rings. The van der Waals surface area contributed by atoms with Crippen molar-refractivity contribution in [3.63, 3.8) is 0 Å². The summed E-state index contributed by atoms with van der Waals surface area (Å²) in [5.41, 5.74) is 2.32. The van der Waals surface area contributed by atoms with E-state index in [1.807, 2.05) is 12.1 Å². The van der Waals surface area contributed by atoms with Crippen LogP contribution in [0.5, 0.6) is 0 Å². The molecule has 0 spiro atoms. The number of amides is 5. The lowest BCUT2D eigenvalue weighted by Crippen LogP contribution is -2.58. The number of urea groups is 1. The third kappa shape index (κ3) is 4.11. The van der Waals surface area contributed by atoms with Crippen molar-refractivity contribution in [1.82, 2.24) is 20.2 Å². The summed E-state index contributed by atoms with van der Waals surface area (Å²) in [6.45, 7) is 3.73. The lowest BCUT2D eigenvalue weighted by atomic mass is 10.1. The van der Waals surface area contributed by atoms with E-state index in [1.54, 1.807) is 24.3 Å². The summed E-state index contributed by atoms with van der Waals surface area (Å²) in [5.74, 6) is -1.56. The van der Waals surface area contributed by atoms with Gasteiger partial charge in [-0.1, -0.05) is 29.3 Å². The Kier molecular flexibility index (Phi) is 5.93. The molecule has 0 aliphatic carbocycles. The first-order valence-electron chi connectivity index (χ1n) is 10.9. The molecule has 0 atom stereocenters. The number of halogens is 2. The molecular weight excluding hydrogens is 481 g/mol. The standard InChI is InChI=1S/C23H21Cl2N5O4/c24-15-2-4-18(25)19(12-15)28-9-7-27(8-10-28)13-14-1-3-16-17(11-14)22(33)30(21(16)32)29-6-5-20(31)26-23(29)34/h1-4,11-12H,5-10,13H2,(H,26,31,34). The zero-order chi connectivity index (χ0) is 24.0. The van der Waals surface area contributed by atoms with E-state index in [1.165, 1.54) is 0 Å². The Morgan fingerprint density at radius 1 is 0.824 bits per heavy atom. The van der Waals surface area contributed by atoms with Crippen LogP contribution in [0.3, 0.4) is 0 Å². The minimum Gasteiger partial charge on any atom is -0.368 e. The highest BCUT2D eigenvalue weighted by atomic mass is 35.5. The molecular formula is C23H21Cl2N5O4. The van der Waals surface area contributed by atoms with Crippen molar-refractivity contribution in [1.29, 1.82) is 0 Å². The van der Waals surface area contributed by atoms with Crippen molar-refractivity contribution in [2.24, 2.45) is 0 Å². The number of anilines is 1. The molecule has 5 rings (SSSR count). The van der Waals surface area contributed by atoms with Crippen LogP contribution in [0.25, 0.3) is 0 Å². The summed E-state index contributed by atoms with van der Waals surface area (Å²) in [6.07, 6.45) is 0.0246. The van der Waals surface area contributed by atoms with E-state index in [9.17, 15) is 19.2 Å². The summed E-state index contributed by atoms with van der Waals surface area (Å²) in [6, 6.07) is 9.82. The number of carbonyl (C=O) groups is 4. The second kappa shape index (κ2) is 8.90. The van der Waals surface area contributed by atoms with Crippen LogP contribution in [0, 0.1) is 0 Å². The molecule has 2 aromatic rings. The number of fused-ring (bicyclic) bond motifs is 1. The fourth-order valence-electron chi connectivity index (χ4n) is 4.47. The van der Waals surface area contributed by atoms with Crippen LogP contribution in [-0.2, 0) is 11.3 Å². The fraction of sp³-hybridized carbons (Fsp3) is 0.304. The van der Waals surface area contributed by atoms with Gasteiger partial charge in [-0.15, -0.1) is 0 Å². The van der Waals surface area contributed by atoms with Gasteiger partial charge in [-0.3, -0.25) is 24.6 Å². The van der Waals surface area contributed by atoms with E-state index < -0.39 is 23.8 Å². The van der Waals surface area contributed by atoms with Crippen LogP contribution >= 0.6 is 23.2 Å². The van der Waals surface area contributed by atoms with Crippen LogP contribution in [0.4, 0.5) is 10.5 Å². The van der Waals surface area contributed by atoms with Crippen molar-refractivity contribution in [3.05, 3.63) is 63.1 Å². The van der Waals surface area contributed by atoms with E-state index in [4.69, 9.17) is 23.2 Å². The molecule has 176 valence electrons. The first kappa shape index (κ1) is 22.6. The van der Waals surface area contributed by atoms with E-state index in [2.05, 4.69) is 15.1 Å². The quantitative estimate of drug-likeness (QED) is 0.647. The SMILES string of the molecule is O=C1CCN(N2C(=O)c3ccc(CN4CCN(c5cc(Cl)ccc5Cl)CC4)cc3C2=O)C(=O)N1. The van der Waals surface area contributed by atoms with Gasteiger partial charge in [0.05, 0.1) is 28.4 Å². The molecule has 9 nitrogen and oxygen atoms in total. The Morgan fingerprint density at radius 2 is 1.56 bits per heavy atom. The molecule has 3 aliphatic heterocycles. The van der Waals surface area contributed by atoms with Crippen LogP contribution in [0.2, 0.25) is 10.0 Å². The summed E-state index contributed by atoms with van der Waals surface area (Å²) in [4.78, 5) is 53.8. The van der Waals surface area contributed by atoms with Crippen molar-refractivity contribution in [2.45, 2.75) is 13.0 Å². The highest BCUT2D eigenvalue weighted by Crippen LogP contribution is 2.30. The number of hydrogen-bond acceptors (Lipinski definition) is 6. The maximum absolute atomic E-state index is 13.0. The van der Waals surface area contributed by atoms with E-state index >= 15 is 0 Å². The number of carbonyl (C=O) groups excluding carboxylic acids is 4. The van der Waals surface area contributed by atoms with Gasteiger partial charge in [0.1, 0.15) is 0 Å². The monoisotopic (exact) mass is 501 g/mol. The first-order chi connectivity index (χ1) is 16.3. The van der Waals surface area contributed by atoms with Gasteiger partial charge in [-0.2, -0.15) is 5.01 Å². The predicted octanol–water partition coefficient (Wildman–Crippen LogP) is 2.77. The lowest BCUT2D eigenvalue weighted by molar-refractivity contribution is -0.122. The largest absolute Gasteiger partial charge is 0.368 e. The van der Waals surface area contributed by atoms with Gasteiger partial charge >= 0.3 is 6.03 Å². The molecule has 1 N–H and O–H groups in total. The summed E-state index contributed by atoms with van der Waals surface area (Å²) in [5, 5.41) is 5.26. The Labute approximate surface area is 205 Å². The topological polar surface area (TPSA) is 93.3 Å². The van der Waals surface area contributed by atoms with Crippen LogP contribution < -0.4 is 10.2 Å². The predicted molar refractivity (Wildman–Crippen MR) is 126 cm³/mol. The second-order valence-corrected chi connectivity index (χ2v) is 9.23. The molecule has 0 aromatic heterocycles. The fourth-order valence-corrected chi connectivity index (χ4v) is 4.88. The third-order valence-electron chi connectivity index (χ3n) is 6.23. The van der Waals surface area contributed by atoms with Gasteiger partial charge in [0.15, 0.2) is 0 Å². The molecule has 5 amide bonds. The number of hydrazine groups is 1. The molecule has 2 fully saturated rings. The zero-order valence-corrected chi connectivity index (χ0v) is 19.6. The first-order valence-corrected chi connectivity index (χ1v) is 11.6. The third-order valence-corrected chi connectivity index (χ3v) is 6.78. The Morgan fingerprint density at radius 3 is 2.29 bits per heavy atom. The average Bonchev–Trinajstić information content (AvgIpc) is 3.06. The molecule has 0 saturated carbocycles. The summed E-state index contributed by atoms with van der Waals surface area (Å²) in [7, 11) is 0.